The van der Waals surface area contributed by atoms with Gasteiger partial charge >= 0.3 is 0 Å². The summed E-state index contributed by atoms with van der Waals surface area (Å²) in [5, 5.41) is 5.04. The summed E-state index contributed by atoms with van der Waals surface area (Å²) in [6.07, 6.45) is 3.37. The average Bonchev–Trinajstić information content (AvgIpc) is 2.75. The van der Waals surface area contributed by atoms with Crippen LogP contribution in [0.2, 0.25) is 0 Å². The number of carbonyl (C=O) groups is 2. The van der Waals surface area contributed by atoms with Crippen LogP contribution in [0.25, 0.3) is 0 Å². The third-order valence-electron chi connectivity index (χ3n) is 3.71. The van der Waals surface area contributed by atoms with Gasteiger partial charge in [-0.15, -0.1) is 11.3 Å². The molecule has 2 saturated carbocycles. The van der Waals surface area contributed by atoms with Crippen molar-refractivity contribution in [3.05, 3.63) is 11.1 Å². The van der Waals surface area contributed by atoms with Crippen LogP contribution >= 0.6 is 11.3 Å². The highest BCUT2D eigenvalue weighted by Gasteiger charge is 2.48. The van der Waals surface area contributed by atoms with Crippen molar-refractivity contribution in [2.45, 2.75) is 26.2 Å². The van der Waals surface area contributed by atoms with E-state index in [1.165, 1.54) is 24.7 Å². The Morgan fingerprint density at radius 2 is 2.06 bits per heavy atom. The summed E-state index contributed by atoms with van der Waals surface area (Å²) < 4.78 is 0. The normalized spacial score (nSPS) is 29.8. The van der Waals surface area contributed by atoms with Crippen molar-refractivity contribution in [3.8, 4) is 0 Å². The van der Waals surface area contributed by atoms with Gasteiger partial charge in [-0.2, -0.15) is 0 Å². The Hall–Kier alpha value is -1.23. The van der Waals surface area contributed by atoms with E-state index in [4.69, 9.17) is 0 Å². The van der Waals surface area contributed by atoms with Gasteiger partial charge in [-0.25, -0.2) is 4.98 Å². The second kappa shape index (κ2) is 3.91. The number of hydrogen-bond donors (Lipinski definition) is 1. The highest BCUT2D eigenvalue weighted by molar-refractivity contribution is 7.14. The van der Waals surface area contributed by atoms with Crippen LogP contribution in [0.5, 0.6) is 0 Å². The van der Waals surface area contributed by atoms with E-state index in [1.54, 1.807) is 5.38 Å². The molecule has 0 spiro atoms. The van der Waals surface area contributed by atoms with Gasteiger partial charge in [0, 0.05) is 18.2 Å². The number of amides is 1. The lowest BCUT2D eigenvalue weighted by Crippen LogP contribution is -2.21. The van der Waals surface area contributed by atoms with Gasteiger partial charge in [-0.05, 0) is 31.1 Å². The van der Waals surface area contributed by atoms with E-state index in [1.807, 2.05) is 0 Å². The summed E-state index contributed by atoms with van der Waals surface area (Å²) >= 11 is 1.31. The van der Waals surface area contributed by atoms with Gasteiger partial charge in [-0.1, -0.05) is 0 Å². The Bertz CT molecular complexity index is 473. The molecule has 2 unspecified atom stereocenters. The van der Waals surface area contributed by atoms with Crippen LogP contribution in [0.3, 0.4) is 0 Å². The number of nitrogens with zero attached hydrogens (tertiary/aromatic N) is 1. The highest BCUT2D eigenvalue weighted by atomic mass is 32.1. The van der Waals surface area contributed by atoms with Crippen molar-refractivity contribution < 1.29 is 9.59 Å². The SMILES string of the molecule is CC(=O)c1csc(NC(=O)C2CC3CC3C2)n1. The summed E-state index contributed by atoms with van der Waals surface area (Å²) in [6.45, 7) is 1.48. The molecular formula is C12H14N2O2S. The minimum Gasteiger partial charge on any atom is -0.302 e. The molecule has 0 saturated heterocycles. The molecule has 5 heteroatoms. The molecule has 2 aliphatic rings. The van der Waals surface area contributed by atoms with Crippen LogP contribution in [0, 0.1) is 17.8 Å². The third-order valence-corrected chi connectivity index (χ3v) is 4.47. The van der Waals surface area contributed by atoms with Crippen molar-refractivity contribution >= 4 is 28.2 Å². The van der Waals surface area contributed by atoms with Crippen LogP contribution < -0.4 is 5.32 Å². The molecule has 2 aliphatic carbocycles. The fourth-order valence-electron chi connectivity index (χ4n) is 2.63. The third kappa shape index (κ3) is 2.11. The lowest BCUT2D eigenvalue weighted by atomic mass is 10.0. The Balaban J connectivity index is 1.61. The van der Waals surface area contributed by atoms with Gasteiger partial charge in [0.2, 0.25) is 5.91 Å². The second-order valence-electron chi connectivity index (χ2n) is 5.01. The minimum absolute atomic E-state index is 0.0659. The molecule has 2 fully saturated rings. The van der Waals surface area contributed by atoms with Crippen LogP contribution in [0.15, 0.2) is 5.38 Å². The zero-order valence-electron chi connectivity index (χ0n) is 9.60. The van der Waals surface area contributed by atoms with E-state index in [-0.39, 0.29) is 17.6 Å². The quantitative estimate of drug-likeness (QED) is 0.838. The number of carbonyl (C=O) groups excluding carboxylic acids is 2. The largest absolute Gasteiger partial charge is 0.302 e. The molecule has 1 amide bonds. The van der Waals surface area contributed by atoms with Crippen molar-refractivity contribution in [1.82, 2.24) is 4.98 Å². The second-order valence-corrected chi connectivity index (χ2v) is 5.87. The first kappa shape index (κ1) is 10.9. The molecule has 3 rings (SSSR count). The number of aromatic nitrogens is 1. The number of anilines is 1. The maximum atomic E-state index is 11.9. The van der Waals surface area contributed by atoms with E-state index < -0.39 is 0 Å². The van der Waals surface area contributed by atoms with Crippen LogP contribution in [0.1, 0.15) is 36.7 Å². The van der Waals surface area contributed by atoms with Gasteiger partial charge in [-0.3, -0.25) is 9.59 Å². The Morgan fingerprint density at radius 1 is 1.35 bits per heavy atom. The maximum Gasteiger partial charge on any atom is 0.229 e. The fraction of sp³-hybridized carbons (Fsp3) is 0.583. The monoisotopic (exact) mass is 250 g/mol. The number of hydrogen-bond acceptors (Lipinski definition) is 4. The first-order valence-corrected chi connectivity index (χ1v) is 6.79. The molecule has 1 N–H and O–H groups in total. The number of thiazole rings is 1. The van der Waals surface area contributed by atoms with Crippen LogP contribution in [-0.4, -0.2) is 16.7 Å². The molecule has 0 radical (unpaired) electrons. The van der Waals surface area contributed by atoms with Gasteiger partial charge in [0.1, 0.15) is 5.69 Å². The topological polar surface area (TPSA) is 59.1 Å². The maximum absolute atomic E-state index is 11.9. The molecule has 0 bridgehead atoms. The van der Waals surface area contributed by atoms with Crippen molar-refractivity contribution in [3.63, 3.8) is 0 Å². The zero-order valence-corrected chi connectivity index (χ0v) is 10.4. The number of nitrogens with one attached hydrogen (secondary N) is 1. The van der Waals surface area contributed by atoms with Crippen LogP contribution in [-0.2, 0) is 4.79 Å². The first-order valence-electron chi connectivity index (χ1n) is 5.91. The molecule has 2 atom stereocenters. The Kier molecular flexibility index (Phi) is 2.50. The fourth-order valence-corrected chi connectivity index (χ4v) is 3.38. The summed E-state index contributed by atoms with van der Waals surface area (Å²) in [5.74, 6) is 1.76. The zero-order chi connectivity index (χ0) is 12.0. The Morgan fingerprint density at radius 3 is 2.65 bits per heavy atom. The van der Waals surface area contributed by atoms with E-state index in [9.17, 15) is 9.59 Å². The standard InChI is InChI=1S/C12H14N2O2S/c1-6(15)10-5-17-12(13-10)14-11(16)9-3-7-2-8(7)4-9/h5,7-9H,2-4H2,1H3,(H,13,14,16). The molecular weight excluding hydrogens is 236 g/mol. The molecule has 1 heterocycles. The van der Waals surface area contributed by atoms with Gasteiger partial charge < -0.3 is 5.32 Å². The predicted octanol–water partition coefficient (Wildman–Crippen LogP) is 2.33. The van der Waals surface area contributed by atoms with E-state index in [0.717, 1.165) is 24.7 Å². The summed E-state index contributed by atoms with van der Waals surface area (Å²) in [7, 11) is 0. The minimum atomic E-state index is -0.0659. The van der Waals surface area contributed by atoms with Gasteiger partial charge in [0.05, 0.1) is 0 Å². The number of Topliss-reactive ketones (excluding diaryl/α,β-unsaturated/α-hetero) is 1. The van der Waals surface area contributed by atoms with E-state index in [2.05, 4.69) is 10.3 Å². The van der Waals surface area contributed by atoms with E-state index >= 15 is 0 Å². The molecule has 1 aromatic heterocycles. The van der Waals surface area contributed by atoms with Crippen molar-refractivity contribution in [2.75, 3.05) is 5.32 Å². The van der Waals surface area contributed by atoms with Crippen LogP contribution in [0.4, 0.5) is 5.13 Å². The smallest absolute Gasteiger partial charge is 0.229 e. The number of ketones is 1. The first-order chi connectivity index (χ1) is 8.13. The van der Waals surface area contributed by atoms with Crippen molar-refractivity contribution in [1.29, 1.82) is 0 Å². The molecule has 17 heavy (non-hydrogen) atoms. The van der Waals surface area contributed by atoms with Gasteiger partial charge in [0.15, 0.2) is 10.9 Å². The highest BCUT2D eigenvalue weighted by Crippen LogP contribution is 2.54. The summed E-state index contributed by atoms with van der Waals surface area (Å²) in [5.41, 5.74) is 0.430. The molecule has 0 aliphatic heterocycles. The molecule has 90 valence electrons. The lowest BCUT2D eigenvalue weighted by Gasteiger charge is -2.09. The predicted molar refractivity (Wildman–Crippen MR) is 65.1 cm³/mol. The Labute approximate surface area is 103 Å². The lowest BCUT2D eigenvalue weighted by molar-refractivity contribution is -0.120. The average molecular weight is 250 g/mol. The molecule has 0 aromatic carbocycles. The van der Waals surface area contributed by atoms with Gasteiger partial charge in [0.25, 0.3) is 0 Å². The molecule has 4 nitrogen and oxygen atoms in total. The molecule has 1 aromatic rings. The number of fused-ring (bicyclic) bond motifs is 1. The van der Waals surface area contributed by atoms with Crippen molar-refractivity contribution in [2.24, 2.45) is 17.8 Å². The van der Waals surface area contributed by atoms with E-state index in [0.29, 0.717) is 10.8 Å². The number of rotatable bonds is 3. The summed E-state index contributed by atoms with van der Waals surface area (Å²) in [6, 6.07) is 0. The summed E-state index contributed by atoms with van der Waals surface area (Å²) in [4.78, 5) is 27.1.